The number of nitrogens with zero attached hydrogens (tertiary/aromatic N) is 2. The van der Waals surface area contributed by atoms with Gasteiger partial charge in [0.2, 0.25) is 0 Å². The highest BCUT2D eigenvalue weighted by atomic mass is 19.3. The average Bonchev–Trinajstić information content (AvgIpc) is 2.23. The van der Waals surface area contributed by atoms with E-state index in [2.05, 4.69) is 0 Å². The molecule has 0 aromatic rings. The van der Waals surface area contributed by atoms with E-state index in [0.29, 0.717) is 0 Å². The predicted molar refractivity (Wildman–Crippen MR) is 71.4 cm³/mol. The van der Waals surface area contributed by atoms with Crippen molar-refractivity contribution in [2.45, 2.75) is 44.8 Å². The number of hydrogen-bond donors (Lipinski definition) is 1. The molecule has 1 aliphatic heterocycles. The maximum atomic E-state index is 12.7. The molecule has 1 heterocycles. The quantitative estimate of drug-likeness (QED) is 0.836. The Balaban J connectivity index is 2.53. The van der Waals surface area contributed by atoms with Crippen LogP contribution in [0.15, 0.2) is 0 Å². The van der Waals surface area contributed by atoms with Crippen molar-refractivity contribution in [3.63, 3.8) is 0 Å². The number of carbonyl (C=O) groups is 2. The van der Waals surface area contributed by atoms with Crippen LogP contribution in [0.3, 0.4) is 0 Å². The lowest BCUT2D eigenvalue weighted by Gasteiger charge is -2.39. The van der Waals surface area contributed by atoms with E-state index in [1.165, 1.54) is 11.9 Å². The van der Waals surface area contributed by atoms with E-state index in [1.807, 2.05) is 0 Å². The van der Waals surface area contributed by atoms with Crippen LogP contribution in [0.4, 0.5) is 13.6 Å². The van der Waals surface area contributed by atoms with Crippen LogP contribution < -0.4 is 0 Å². The Bertz CT molecular complexity index is 401. The number of likely N-dealkylation sites (N-methyl/N-ethyl adjacent to an activating group) is 1. The highest BCUT2D eigenvalue weighted by molar-refractivity contribution is 5.79. The van der Waals surface area contributed by atoms with Gasteiger partial charge in [0.25, 0.3) is 5.92 Å². The Morgan fingerprint density at radius 1 is 1.38 bits per heavy atom. The molecule has 6 nitrogen and oxygen atoms in total. The molecule has 1 unspecified atom stereocenters. The molecule has 0 aliphatic carbocycles. The second kappa shape index (κ2) is 6.13. The van der Waals surface area contributed by atoms with Crippen molar-refractivity contribution in [2.75, 3.05) is 26.7 Å². The van der Waals surface area contributed by atoms with Crippen molar-refractivity contribution in [1.29, 1.82) is 0 Å². The summed E-state index contributed by atoms with van der Waals surface area (Å²) < 4.78 is 30.5. The summed E-state index contributed by atoms with van der Waals surface area (Å²) >= 11 is 0. The van der Waals surface area contributed by atoms with Crippen molar-refractivity contribution < 1.29 is 28.2 Å². The normalized spacial score (nSPS) is 19.5. The minimum absolute atomic E-state index is 0.0706. The summed E-state index contributed by atoms with van der Waals surface area (Å²) in [6.45, 7) is 4.49. The van der Waals surface area contributed by atoms with Gasteiger partial charge in [-0.05, 0) is 27.2 Å². The van der Waals surface area contributed by atoms with E-state index >= 15 is 0 Å². The van der Waals surface area contributed by atoms with Crippen LogP contribution in [0.2, 0.25) is 0 Å². The zero-order valence-electron chi connectivity index (χ0n) is 12.7. The number of hydrogen-bond acceptors (Lipinski definition) is 4. The van der Waals surface area contributed by atoms with Gasteiger partial charge in [0.15, 0.2) is 0 Å². The van der Waals surface area contributed by atoms with Crippen LogP contribution in [-0.4, -0.2) is 71.2 Å². The van der Waals surface area contributed by atoms with Crippen LogP contribution in [0.25, 0.3) is 0 Å². The van der Waals surface area contributed by atoms with Crippen LogP contribution in [0.1, 0.15) is 27.2 Å². The molecular weight excluding hydrogens is 286 g/mol. The van der Waals surface area contributed by atoms with Gasteiger partial charge in [-0.3, -0.25) is 9.80 Å². The zero-order valence-corrected chi connectivity index (χ0v) is 12.7. The third kappa shape index (κ3) is 5.45. The Labute approximate surface area is 122 Å². The van der Waals surface area contributed by atoms with E-state index in [0.717, 1.165) is 4.90 Å². The highest BCUT2D eigenvalue weighted by Gasteiger charge is 2.44. The molecule has 0 aromatic carbocycles. The number of alkyl halides is 2. The Morgan fingerprint density at radius 2 is 1.90 bits per heavy atom. The lowest BCUT2D eigenvalue weighted by atomic mass is 10.1. The lowest BCUT2D eigenvalue weighted by molar-refractivity contribution is -0.145. The predicted octanol–water partition coefficient (Wildman–Crippen LogP) is 1.65. The standard InChI is InChI=1S/C13H22F2N2O4/c1-12(2,3)21-11(20)16(4)9(10(18)19)5-6-17-7-13(14,15)8-17/h9H,5-8H2,1-4H3,(H,18,19). The van der Waals surface area contributed by atoms with Crippen LogP contribution in [0, 0.1) is 0 Å². The maximum absolute atomic E-state index is 12.7. The monoisotopic (exact) mass is 308 g/mol. The second-order valence-electron chi connectivity index (χ2n) is 6.30. The third-order valence-electron chi connectivity index (χ3n) is 3.06. The summed E-state index contributed by atoms with van der Waals surface area (Å²) in [7, 11) is 1.33. The zero-order chi connectivity index (χ0) is 16.4. The Kier molecular flexibility index (Phi) is 5.14. The first-order valence-corrected chi connectivity index (χ1v) is 6.70. The molecule has 1 aliphatic rings. The topological polar surface area (TPSA) is 70.1 Å². The SMILES string of the molecule is CN(C(=O)OC(C)(C)C)C(CCN1CC(F)(F)C1)C(=O)O. The summed E-state index contributed by atoms with van der Waals surface area (Å²) in [6, 6.07) is -1.10. The van der Waals surface area contributed by atoms with Gasteiger partial charge in [0.05, 0.1) is 13.1 Å². The molecule has 0 spiro atoms. The average molecular weight is 308 g/mol. The van der Waals surface area contributed by atoms with E-state index in [1.54, 1.807) is 20.8 Å². The van der Waals surface area contributed by atoms with Gasteiger partial charge in [-0.15, -0.1) is 0 Å². The fraction of sp³-hybridized carbons (Fsp3) is 0.846. The van der Waals surface area contributed by atoms with Gasteiger partial charge >= 0.3 is 12.1 Å². The number of ether oxygens (including phenoxy) is 1. The molecule has 122 valence electrons. The second-order valence-corrected chi connectivity index (χ2v) is 6.30. The molecule has 0 radical (unpaired) electrons. The molecule has 0 bridgehead atoms. The highest BCUT2D eigenvalue weighted by Crippen LogP contribution is 2.26. The minimum atomic E-state index is -2.68. The van der Waals surface area contributed by atoms with E-state index in [-0.39, 0.29) is 26.1 Å². The number of halogens is 2. The number of likely N-dealkylation sites (tertiary alicyclic amines) is 1. The van der Waals surface area contributed by atoms with Crippen molar-refractivity contribution in [1.82, 2.24) is 9.80 Å². The number of carboxylic acids is 1. The largest absolute Gasteiger partial charge is 0.480 e. The summed E-state index contributed by atoms with van der Waals surface area (Å²) in [5, 5.41) is 9.18. The van der Waals surface area contributed by atoms with Crippen molar-refractivity contribution in [2.24, 2.45) is 0 Å². The molecule has 1 saturated heterocycles. The molecular formula is C13H22F2N2O4. The van der Waals surface area contributed by atoms with Crippen LogP contribution >= 0.6 is 0 Å². The number of aliphatic carboxylic acids is 1. The Morgan fingerprint density at radius 3 is 2.29 bits per heavy atom. The van der Waals surface area contributed by atoms with Gasteiger partial charge in [0, 0.05) is 13.6 Å². The molecule has 0 aromatic heterocycles. The molecule has 1 fully saturated rings. The molecule has 1 N–H and O–H groups in total. The van der Waals surface area contributed by atoms with Gasteiger partial charge in [-0.2, -0.15) is 0 Å². The third-order valence-corrected chi connectivity index (χ3v) is 3.06. The summed E-state index contributed by atoms with van der Waals surface area (Å²) in [6.07, 6.45) is -0.676. The minimum Gasteiger partial charge on any atom is -0.480 e. The number of amides is 1. The first kappa shape index (κ1) is 17.6. The fourth-order valence-electron chi connectivity index (χ4n) is 2.01. The van der Waals surface area contributed by atoms with E-state index in [9.17, 15) is 23.5 Å². The van der Waals surface area contributed by atoms with Gasteiger partial charge < -0.3 is 9.84 Å². The van der Waals surface area contributed by atoms with Crippen molar-refractivity contribution in [3.8, 4) is 0 Å². The summed E-state index contributed by atoms with van der Waals surface area (Å²) in [5.74, 6) is -3.87. The van der Waals surface area contributed by atoms with E-state index in [4.69, 9.17) is 4.74 Å². The van der Waals surface area contributed by atoms with Gasteiger partial charge in [-0.25, -0.2) is 18.4 Å². The van der Waals surface area contributed by atoms with Crippen molar-refractivity contribution >= 4 is 12.1 Å². The van der Waals surface area contributed by atoms with Crippen LogP contribution in [-0.2, 0) is 9.53 Å². The first-order chi connectivity index (χ1) is 9.41. The fourth-order valence-corrected chi connectivity index (χ4v) is 2.01. The molecule has 1 rings (SSSR count). The number of rotatable bonds is 5. The number of carbonyl (C=O) groups excluding carboxylic acids is 1. The van der Waals surface area contributed by atoms with Crippen molar-refractivity contribution in [3.05, 3.63) is 0 Å². The Hall–Kier alpha value is -1.44. The molecule has 1 atom stereocenters. The molecule has 1 amide bonds. The molecule has 8 heteroatoms. The van der Waals surface area contributed by atoms with Crippen LogP contribution in [0.5, 0.6) is 0 Å². The first-order valence-electron chi connectivity index (χ1n) is 6.70. The lowest BCUT2D eigenvalue weighted by Crippen LogP contribution is -2.57. The maximum Gasteiger partial charge on any atom is 0.410 e. The summed E-state index contributed by atoms with van der Waals surface area (Å²) in [5.41, 5.74) is -0.728. The molecule has 0 saturated carbocycles. The molecule has 21 heavy (non-hydrogen) atoms. The number of carboxylic acid groups (broad SMARTS) is 1. The summed E-state index contributed by atoms with van der Waals surface area (Å²) in [4.78, 5) is 25.5. The van der Waals surface area contributed by atoms with E-state index < -0.39 is 29.6 Å². The van der Waals surface area contributed by atoms with Gasteiger partial charge in [0.1, 0.15) is 11.6 Å². The smallest absolute Gasteiger partial charge is 0.410 e. The van der Waals surface area contributed by atoms with Gasteiger partial charge in [-0.1, -0.05) is 0 Å².